The highest BCUT2D eigenvalue weighted by molar-refractivity contribution is 5.95. The summed E-state index contributed by atoms with van der Waals surface area (Å²) in [4.78, 5) is 30.0. The second-order valence-corrected chi connectivity index (χ2v) is 11.4. The highest BCUT2D eigenvalue weighted by Crippen LogP contribution is 2.43. The third kappa shape index (κ3) is 8.39. The number of hydrogen-bond acceptors (Lipinski definition) is 5. The molecule has 2 aromatic heterocycles. The molecule has 0 bridgehead atoms. The van der Waals surface area contributed by atoms with E-state index in [0.717, 1.165) is 31.0 Å². The Morgan fingerprint density at radius 2 is 1.71 bits per heavy atom. The van der Waals surface area contributed by atoms with Crippen LogP contribution in [-0.4, -0.2) is 45.1 Å². The van der Waals surface area contributed by atoms with E-state index in [9.17, 15) is 44.7 Å². The molecule has 1 unspecified atom stereocenters. The lowest BCUT2D eigenvalue weighted by atomic mass is 9.81. The quantitative estimate of drug-likeness (QED) is 0.227. The highest BCUT2D eigenvalue weighted by atomic mass is 19.4. The van der Waals surface area contributed by atoms with E-state index in [1.807, 2.05) is 0 Å². The largest absolute Gasteiger partial charge is 0.435 e. The Kier molecular flexibility index (Phi) is 9.21. The first-order valence-electron chi connectivity index (χ1n) is 14.3. The van der Waals surface area contributed by atoms with Crippen molar-refractivity contribution in [3.63, 3.8) is 0 Å². The van der Waals surface area contributed by atoms with E-state index in [1.54, 1.807) is 6.07 Å². The predicted molar refractivity (Wildman–Crippen MR) is 142 cm³/mol. The fourth-order valence-corrected chi connectivity index (χ4v) is 5.54. The lowest BCUT2D eigenvalue weighted by Gasteiger charge is -2.33. The van der Waals surface area contributed by atoms with Crippen LogP contribution in [0.4, 0.5) is 35.1 Å². The zero-order valence-electron chi connectivity index (χ0n) is 23.6. The van der Waals surface area contributed by atoms with E-state index < -0.39 is 91.3 Å². The highest BCUT2D eigenvalue weighted by Gasteiger charge is 2.40. The van der Waals surface area contributed by atoms with Gasteiger partial charge in [-0.15, -0.1) is 0 Å². The van der Waals surface area contributed by atoms with Gasteiger partial charge in [-0.25, -0.2) is 22.7 Å². The number of carbonyl (C=O) groups is 2. The maximum Gasteiger partial charge on any atom is 0.389 e. The fraction of sp³-hybridized carbons (Fsp3) is 0.517. The smallest absolute Gasteiger partial charge is 0.389 e. The van der Waals surface area contributed by atoms with Gasteiger partial charge >= 0.3 is 12.8 Å². The first-order valence-corrected chi connectivity index (χ1v) is 14.3. The van der Waals surface area contributed by atoms with Crippen molar-refractivity contribution in [1.29, 1.82) is 0 Å². The molecule has 16 heteroatoms. The van der Waals surface area contributed by atoms with E-state index in [-0.39, 0.29) is 30.1 Å². The zero-order chi connectivity index (χ0) is 32.5. The van der Waals surface area contributed by atoms with E-state index in [4.69, 9.17) is 0 Å². The van der Waals surface area contributed by atoms with Crippen molar-refractivity contribution >= 4 is 17.5 Å². The number of carbonyl (C=O) groups excluding carboxylic acids is 2. The number of amides is 2. The molecule has 244 valence electrons. The minimum Gasteiger partial charge on any atom is -0.435 e. The third-order valence-electron chi connectivity index (χ3n) is 8.01. The number of halogens is 8. The third-order valence-corrected chi connectivity index (χ3v) is 8.01. The van der Waals surface area contributed by atoms with Gasteiger partial charge in [0.15, 0.2) is 5.65 Å². The van der Waals surface area contributed by atoms with Crippen molar-refractivity contribution in [3.8, 4) is 5.75 Å². The minimum atomic E-state index is -4.48. The van der Waals surface area contributed by atoms with Crippen LogP contribution in [0, 0.1) is 17.7 Å². The summed E-state index contributed by atoms with van der Waals surface area (Å²) in [5.74, 6) is -6.69. The summed E-state index contributed by atoms with van der Waals surface area (Å²) in [6.07, 6.45) is -3.00. The summed E-state index contributed by atoms with van der Waals surface area (Å²) < 4.78 is 111. The monoisotopic (exact) mass is 647 g/mol. The number of ether oxygens (including phenoxy) is 1. The number of alkyl halides is 7. The lowest BCUT2D eigenvalue weighted by molar-refractivity contribution is -0.144. The van der Waals surface area contributed by atoms with Gasteiger partial charge in [-0.1, -0.05) is 0 Å². The Bertz CT molecular complexity index is 1530. The molecule has 2 atom stereocenters. The van der Waals surface area contributed by atoms with Gasteiger partial charge in [0.1, 0.15) is 11.6 Å². The van der Waals surface area contributed by atoms with Crippen molar-refractivity contribution in [2.45, 2.75) is 82.2 Å². The molecule has 2 saturated carbocycles. The van der Waals surface area contributed by atoms with E-state index in [2.05, 4.69) is 25.5 Å². The molecule has 2 heterocycles. The Morgan fingerprint density at radius 3 is 2.36 bits per heavy atom. The van der Waals surface area contributed by atoms with Crippen LogP contribution in [0.25, 0.3) is 5.65 Å². The first kappa shape index (κ1) is 32.4. The van der Waals surface area contributed by atoms with Gasteiger partial charge in [-0.3, -0.25) is 9.59 Å². The van der Waals surface area contributed by atoms with Crippen LogP contribution in [0.2, 0.25) is 0 Å². The number of fused-ring (bicyclic) bond motifs is 1. The molecular weight excluding hydrogens is 618 g/mol. The van der Waals surface area contributed by atoms with Crippen LogP contribution < -0.4 is 15.4 Å². The van der Waals surface area contributed by atoms with Crippen molar-refractivity contribution in [2.75, 3.05) is 0 Å². The normalized spacial score (nSPS) is 18.5. The zero-order valence-corrected chi connectivity index (χ0v) is 23.6. The van der Waals surface area contributed by atoms with Gasteiger partial charge < -0.3 is 15.4 Å². The second-order valence-electron chi connectivity index (χ2n) is 11.4. The summed E-state index contributed by atoms with van der Waals surface area (Å²) in [7, 11) is 0. The second kappa shape index (κ2) is 12.8. The number of benzene rings is 1. The van der Waals surface area contributed by atoms with E-state index >= 15 is 0 Å². The SMILES string of the molecule is O=C(CCC(F)(F)F)NC(c1cnn2cc([C@@H](NC(=O)c3cc(OC(F)F)ccc3F)C3CCC(F)(F)CC3)nc2c1)C1CC1. The first-order chi connectivity index (χ1) is 21.2. The van der Waals surface area contributed by atoms with Gasteiger partial charge in [0.05, 0.1) is 42.2 Å². The average Bonchev–Trinajstić information content (AvgIpc) is 3.71. The van der Waals surface area contributed by atoms with Gasteiger partial charge in [-0.2, -0.15) is 27.1 Å². The van der Waals surface area contributed by atoms with Crippen LogP contribution in [0.5, 0.6) is 5.75 Å². The Hall–Kier alpha value is -3.98. The molecule has 45 heavy (non-hydrogen) atoms. The number of nitrogens with zero attached hydrogens (tertiary/aromatic N) is 3. The number of rotatable bonds is 11. The molecule has 1 aromatic carbocycles. The summed E-state index contributed by atoms with van der Waals surface area (Å²) in [6, 6.07) is 2.50. The topological polar surface area (TPSA) is 97.6 Å². The number of imidazole rings is 1. The van der Waals surface area contributed by atoms with Gasteiger partial charge in [-0.05, 0) is 67.3 Å². The van der Waals surface area contributed by atoms with Crippen LogP contribution >= 0.6 is 0 Å². The summed E-state index contributed by atoms with van der Waals surface area (Å²) in [5.41, 5.74) is 0.354. The molecule has 0 aliphatic heterocycles. The van der Waals surface area contributed by atoms with E-state index in [1.165, 1.54) is 16.9 Å². The molecular formula is C29H29F8N5O3. The Balaban J connectivity index is 1.41. The number of hydrogen-bond donors (Lipinski definition) is 2. The summed E-state index contributed by atoms with van der Waals surface area (Å²) in [5, 5.41) is 9.59. The molecule has 5 rings (SSSR count). The molecule has 2 aliphatic rings. The molecule has 0 radical (unpaired) electrons. The lowest BCUT2D eigenvalue weighted by Crippen LogP contribution is -2.37. The molecule has 0 spiro atoms. The maximum absolute atomic E-state index is 14.6. The number of nitrogens with one attached hydrogen (secondary N) is 2. The molecule has 2 aliphatic carbocycles. The van der Waals surface area contributed by atoms with Crippen molar-refractivity contribution in [1.82, 2.24) is 25.2 Å². The van der Waals surface area contributed by atoms with Gasteiger partial charge in [0.25, 0.3) is 5.91 Å². The Morgan fingerprint density at radius 1 is 1.02 bits per heavy atom. The van der Waals surface area contributed by atoms with Crippen LogP contribution in [-0.2, 0) is 4.79 Å². The molecule has 2 fully saturated rings. The summed E-state index contributed by atoms with van der Waals surface area (Å²) >= 11 is 0. The van der Waals surface area contributed by atoms with Crippen LogP contribution in [0.3, 0.4) is 0 Å². The van der Waals surface area contributed by atoms with Gasteiger partial charge in [0, 0.05) is 19.3 Å². The minimum absolute atomic E-state index is 0.00474. The predicted octanol–water partition coefficient (Wildman–Crippen LogP) is 6.68. The molecule has 8 nitrogen and oxygen atoms in total. The molecule has 0 saturated heterocycles. The molecule has 2 amide bonds. The van der Waals surface area contributed by atoms with Crippen LogP contribution in [0.15, 0.2) is 36.7 Å². The maximum atomic E-state index is 14.6. The van der Waals surface area contributed by atoms with E-state index in [0.29, 0.717) is 5.56 Å². The molecule has 2 N–H and O–H groups in total. The molecule has 3 aromatic rings. The van der Waals surface area contributed by atoms with Gasteiger partial charge in [0.2, 0.25) is 11.8 Å². The number of aromatic nitrogens is 3. The summed E-state index contributed by atoms with van der Waals surface area (Å²) in [6.45, 7) is -3.22. The van der Waals surface area contributed by atoms with Crippen molar-refractivity contribution < 1.29 is 49.4 Å². The van der Waals surface area contributed by atoms with Crippen molar-refractivity contribution in [3.05, 3.63) is 59.3 Å². The fourth-order valence-electron chi connectivity index (χ4n) is 5.54. The van der Waals surface area contributed by atoms with Crippen molar-refractivity contribution in [2.24, 2.45) is 11.8 Å². The standard InChI is InChI=1S/C29H29F8N5O3/c30-20-4-3-18(45-27(31)32)12-19(20)26(44)41-25(16-5-8-28(33,34)9-6-16)21-14-42-22(39-21)11-17(13-38-42)24(15-1-2-15)40-23(43)7-10-29(35,36)37/h3-4,11-16,24-25,27H,1-2,5-10H2,(H,40,43)(H,41,44)/t24?,25-/m0/s1. The Labute approximate surface area is 251 Å². The van der Waals surface area contributed by atoms with Crippen LogP contribution in [0.1, 0.15) is 85.1 Å². The average molecular weight is 648 g/mol.